The van der Waals surface area contributed by atoms with Crippen LogP contribution in [0, 0.1) is 0 Å². The number of anilines is 1. The van der Waals surface area contributed by atoms with Crippen molar-refractivity contribution in [2.24, 2.45) is 0 Å². The molecular weight excluding hydrogens is 530 g/mol. The Morgan fingerprint density at radius 1 is 0.881 bits per heavy atom. The fraction of sp³-hybridized carbons (Fsp3) is 0.0588. The van der Waals surface area contributed by atoms with Crippen molar-refractivity contribution in [2.45, 2.75) is 0 Å². The number of esters is 1. The quantitative estimate of drug-likeness (QED) is 0.144. The highest BCUT2D eigenvalue weighted by Gasteiger charge is 2.18. The molecule has 5 aromatic rings. The molecule has 0 saturated heterocycles. The van der Waals surface area contributed by atoms with Crippen molar-refractivity contribution in [1.82, 2.24) is 9.78 Å². The van der Waals surface area contributed by atoms with Crippen LogP contribution in [-0.4, -0.2) is 40.7 Å². The number of Topliss-reactive ketones (excluding diaryl/α,β-unsaturated/α-hetero) is 1. The van der Waals surface area contributed by atoms with E-state index in [1.165, 1.54) is 12.1 Å². The first-order valence-electron chi connectivity index (χ1n) is 13.3. The zero-order chi connectivity index (χ0) is 28.9. The van der Waals surface area contributed by atoms with E-state index in [1.54, 1.807) is 22.9 Å². The molecule has 0 atom stereocenters. The second kappa shape index (κ2) is 11.8. The first-order chi connectivity index (χ1) is 20.5. The number of ether oxygens (including phenoxy) is 2. The minimum atomic E-state index is -0.671. The average molecular weight is 556 g/mol. The molecule has 6 rings (SSSR count). The van der Waals surface area contributed by atoms with Gasteiger partial charge in [0.05, 0.1) is 17.1 Å². The molecule has 8 heteroatoms. The maximum Gasteiger partial charge on any atom is 0.331 e. The van der Waals surface area contributed by atoms with E-state index in [9.17, 15) is 14.4 Å². The average Bonchev–Trinajstić information content (AvgIpc) is 3.47. The van der Waals surface area contributed by atoms with Gasteiger partial charge in [-0.3, -0.25) is 9.59 Å². The maximum atomic E-state index is 12.7. The summed E-state index contributed by atoms with van der Waals surface area (Å²) >= 11 is 0. The number of benzene rings is 4. The van der Waals surface area contributed by atoms with E-state index in [2.05, 4.69) is 17.4 Å². The van der Waals surface area contributed by atoms with Crippen molar-refractivity contribution in [3.8, 4) is 33.8 Å². The molecule has 1 N–H and O–H groups in total. The van der Waals surface area contributed by atoms with Crippen molar-refractivity contribution in [3.05, 3.63) is 127 Å². The summed E-state index contributed by atoms with van der Waals surface area (Å²) in [6, 6.07) is 32.5. The van der Waals surface area contributed by atoms with Crippen LogP contribution in [0.5, 0.6) is 5.75 Å². The van der Waals surface area contributed by atoms with Crippen LogP contribution in [0.1, 0.15) is 15.9 Å². The Labute approximate surface area is 241 Å². The lowest BCUT2D eigenvalue weighted by molar-refractivity contribution is -0.136. The van der Waals surface area contributed by atoms with Crippen LogP contribution in [0.2, 0.25) is 0 Å². The number of ketones is 1. The van der Waals surface area contributed by atoms with Gasteiger partial charge in [-0.05, 0) is 47.5 Å². The third-order valence-corrected chi connectivity index (χ3v) is 6.71. The fourth-order valence-corrected chi connectivity index (χ4v) is 4.58. The van der Waals surface area contributed by atoms with Gasteiger partial charge in [0.1, 0.15) is 5.75 Å². The predicted octanol–water partition coefficient (Wildman–Crippen LogP) is 5.98. The smallest absolute Gasteiger partial charge is 0.331 e. The van der Waals surface area contributed by atoms with Gasteiger partial charge in [-0.25, -0.2) is 9.48 Å². The molecule has 1 amide bonds. The Bertz CT molecular complexity index is 1790. The second-order valence-corrected chi connectivity index (χ2v) is 9.57. The number of fused-ring (bicyclic) bond motifs is 1. The third-order valence-electron chi connectivity index (χ3n) is 6.71. The monoisotopic (exact) mass is 555 g/mol. The lowest BCUT2D eigenvalue weighted by Gasteiger charge is -2.18. The van der Waals surface area contributed by atoms with Crippen molar-refractivity contribution < 1.29 is 23.9 Å². The highest BCUT2D eigenvalue weighted by Crippen LogP contribution is 2.29. The van der Waals surface area contributed by atoms with Crippen LogP contribution in [0.3, 0.4) is 0 Å². The van der Waals surface area contributed by atoms with Crippen LogP contribution in [0.15, 0.2) is 115 Å². The molecule has 1 aromatic heterocycles. The molecule has 0 fully saturated rings. The summed E-state index contributed by atoms with van der Waals surface area (Å²) in [6.45, 7) is -0.525. The van der Waals surface area contributed by atoms with Gasteiger partial charge in [-0.15, -0.1) is 0 Å². The minimum absolute atomic E-state index is 0.0742. The molecule has 4 aromatic carbocycles. The van der Waals surface area contributed by atoms with Gasteiger partial charge in [-0.2, -0.15) is 5.10 Å². The summed E-state index contributed by atoms with van der Waals surface area (Å²) in [5.74, 6) is -0.898. The van der Waals surface area contributed by atoms with Gasteiger partial charge >= 0.3 is 5.97 Å². The number of aromatic nitrogens is 2. The molecule has 1 aliphatic rings. The van der Waals surface area contributed by atoms with E-state index < -0.39 is 18.4 Å². The van der Waals surface area contributed by atoms with E-state index >= 15 is 0 Å². The van der Waals surface area contributed by atoms with Crippen LogP contribution in [0.25, 0.3) is 34.1 Å². The van der Waals surface area contributed by atoms with Crippen LogP contribution in [-0.2, 0) is 14.3 Å². The summed E-state index contributed by atoms with van der Waals surface area (Å²) in [7, 11) is 0. The van der Waals surface area contributed by atoms with E-state index in [1.807, 2.05) is 79.0 Å². The number of para-hydroxylation sites is 1. The maximum absolute atomic E-state index is 12.7. The topological polar surface area (TPSA) is 99.5 Å². The van der Waals surface area contributed by atoms with Crippen molar-refractivity contribution in [1.29, 1.82) is 0 Å². The second-order valence-electron chi connectivity index (χ2n) is 9.57. The Morgan fingerprint density at radius 3 is 2.33 bits per heavy atom. The molecule has 2 heterocycles. The Balaban J connectivity index is 1.19. The number of nitrogens with zero attached hydrogens (tertiary/aromatic N) is 2. The summed E-state index contributed by atoms with van der Waals surface area (Å²) in [4.78, 5) is 36.8. The molecule has 0 bridgehead atoms. The van der Waals surface area contributed by atoms with Gasteiger partial charge in [0.2, 0.25) is 0 Å². The molecular formula is C34H25N3O5. The summed E-state index contributed by atoms with van der Waals surface area (Å²) < 4.78 is 12.3. The summed E-state index contributed by atoms with van der Waals surface area (Å²) in [5.41, 5.74) is 6.06. The molecule has 0 unspecified atom stereocenters. The number of amides is 1. The number of nitrogens with one attached hydrogen (secondary N) is 1. The summed E-state index contributed by atoms with van der Waals surface area (Å²) in [6.07, 6.45) is 4.75. The van der Waals surface area contributed by atoms with Crippen molar-refractivity contribution in [2.75, 3.05) is 18.5 Å². The van der Waals surface area contributed by atoms with Gasteiger partial charge in [0.15, 0.2) is 19.0 Å². The summed E-state index contributed by atoms with van der Waals surface area (Å²) in [5, 5.41) is 7.46. The normalized spacial score (nSPS) is 12.3. The highest BCUT2D eigenvalue weighted by atomic mass is 16.5. The number of carbonyl (C=O) groups excluding carboxylic acids is 3. The Kier molecular flexibility index (Phi) is 7.42. The zero-order valence-corrected chi connectivity index (χ0v) is 22.4. The molecule has 1 aliphatic heterocycles. The van der Waals surface area contributed by atoms with E-state index in [-0.39, 0.29) is 12.5 Å². The molecule has 8 nitrogen and oxygen atoms in total. The molecule has 0 saturated carbocycles. The zero-order valence-electron chi connectivity index (χ0n) is 22.4. The van der Waals surface area contributed by atoms with Crippen molar-refractivity contribution >= 4 is 29.4 Å². The van der Waals surface area contributed by atoms with Crippen LogP contribution >= 0.6 is 0 Å². The van der Waals surface area contributed by atoms with Crippen molar-refractivity contribution in [3.63, 3.8) is 0 Å². The van der Waals surface area contributed by atoms with Gasteiger partial charge in [-0.1, -0.05) is 72.8 Å². The molecule has 206 valence electrons. The minimum Gasteiger partial charge on any atom is -0.482 e. The predicted molar refractivity (Wildman–Crippen MR) is 159 cm³/mol. The third kappa shape index (κ3) is 5.88. The molecule has 0 aliphatic carbocycles. The van der Waals surface area contributed by atoms with Gasteiger partial charge in [0, 0.05) is 29.0 Å². The molecule has 0 radical (unpaired) electrons. The Hall–Kier alpha value is -5.76. The highest BCUT2D eigenvalue weighted by molar-refractivity contribution is 6.02. The van der Waals surface area contributed by atoms with Gasteiger partial charge < -0.3 is 14.8 Å². The SMILES string of the molecule is O=C1COc2ccc(C(=O)COC(=O)C=Cc3cn(-c4ccccc4)nc3-c3ccc(-c4ccccc4)cc3)cc2N1. The van der Waals surface area contributed by atoms with Crippen LogP contribution in [0.4, 0.5) is 5.69 Å². The first kappa shape index (κ1) is 26.5. The van der Waals surface area contributed by atoms with E-state index in [0.29, 0.717) is 28.3 Å². The van der Waals surface area contributed by atoms with Gasteiger partial charge in [0.25, 0.3) is 5.91 Å². The molecule has 42 heavy (non-hydrogen) atoms. The lowest BCUT2D eigenvalue weighted by Crippen LogP contribution is -2.25. The first-order valence-corrected chi connectivity index (χ1v) is 13.3. The number of carbonyl (C=O) groups is 3. The van der Waals surface area contributed by atoms with Crippen LogP contribution < -0.4 is 10.1 Å². The van der Waals surface area contributed by atoms with E-state index in [4.69, 9.17) is 14.6 Å². The standard InChI is InChI=1S/C34H25N3O5/c38-30(26-15-17-31-29(19-26)35-32(39)22-41-31)21-42-33(40)18-16-27-20-37(28-9-5-2-6-10-28)36-34(27)25-13-11-24(12-14-25)23-7-3-1-4-8-23/h1-20H,21-22H2,(H,35,39). The van der Waals surface area contributed by atoms with E-state index in [0.717, 1.165) is 22.4 Å². The fourth-order valence-electron chi connectivity index (χ4n) is 4.58. The lowest BCUT2D eigenvalue weighted by atomic mass is 10.0. The Morgan fingerprint density at radius 2 is 1.57 bits per heavy atom. The number of rotatable bonds is 8. The molecule has 0 spiro atoms. The number of hydrogen-bond acceptors (Lipinski definition) is 6. The number of hydrogen-bond donors (Lipinski definition) is 1. The largest absolute Gasteiger partial charge is 0.482 e.